The number of nitrogens with zero attached hydrogens (tertiary/aromatic N) is 5. The van der Waals surface area contributed by atoms with Gasteiger partial charge in [-0.05, 0) is 30.0 Å². The van der Waals surface area contributed by atoms with E-state index in [2.05, 4.69) is 15.0 Å². The summed E-state index contributed by atoms with van der Waals surface area (Å²) in [6.07, 6.45) is -1.63. The summed E-state index contributed by atoms with van der Waals surface area (Å²) in [7, 11) is 0. The lowest BCUT2D eigenvalue weighted by atomic mass is 9.83. The van der Waals surface area contributed by atoms with Crippen LogP contribution in [0.25, 0.3) is 16.0 Å². The molecule has 2 atom stereocenters. The maximum absolute atomic E-state index is 13.0. The highest BCUT2D eigenvalue weighted by Crippen LogP contribution is 2.42. The number of aromatic nitrogens is 1. The van der Waals surface area contributed by atoms with Crippen molar-refractivity contribution in [1.82, 2.24) is 4.98 Å². The van der Waals surface area contributed by atoms with E-state index in [0.717, 1.165) is 6.20 Å². The molecule has 1 heterocycles. The van der Waals surface area contributed by atoms with Gasteiger partial charge in [0.2, 0.25) is 0 Å². The summed E-state index contributed by atoms with van der Waals surface area (Å²) in [6.45, 7) is 0. The maximum atomic E-state index is 13.0. The van der Waals surface area contributed by atoms with Gasteiger partial charge in [-0.15, -0.1) is 0 Å². The number of allylic oxidation sites excluding steroid dienone is 1. The first-order valence-electron chi connectivity index (χ1n) is 6.23. The molecule has 0 saturated carbocycles. The van der Waals surface area contributed by atoms with Crippen molar-refractivity contribution in [2.24, 2.45) is 11.0 Å². The Morgan fingerprint density at radius 2 is 2.23 bits per heavy atom. The minimum Gasteiger partial charge on any atom is -0.258 e. The van der Waals surface area contributed by atoms with Crippen LogP contribution in [0.1, 0.15) is 18.4 Å². The number of hydrogen-bond donors (Lipinski definition) is 0. The van der Waals surface area contributed by atoms with Gasteiger partial charge in [0.15, 0.2) is 0 Å². The van der Waals surface area contributed by atoms with Crippen molar-refractivity contribution in [1.29, 1.82) is 0 Å². The normalized spacial score (nSPS) is 21.7. The standard InChI is InChI=1S/C12H10F3N5O2/c13-12(14,15)8-3-7(4-9(5-8)18-19-16)10-1-2-17-6-11(10)20(21)22/h1-2,4,6,8-9H,3,5H2/t8-,9+/m0/s1. The van der Waals surface area contributed by atoms with Gasteiger partial charge in [0.25, 0.3) is 5.69 Å². The molecule has 0 aliphatic heterocycles. The van der Waals surface area contributed by atoms with E-state index in [-0.39, 0.29) is 23.2 Å². The van der Waals surface area contributed by atoms with Crippen LogP contribution in [0.2, 0.25) is 0 Å². The van der Waals surface area contributed by atoms with Crippen LogP contribution in [0.15, 0.2) is 29.7 Å². The van der Waals surface area contributed by atoms with Crippen molar-refractivity contribution in [3.05, 3.63) is 50.7 Å². The van der Waals surface area contributed by atoms with Gasteiger partial charge in [0, 0.05) is 11.1 Å². The van der Waals surface area contributed by atoms with E-state index in [1.54, 1.807) is 0 Å². The fourth-order valence-electron chi connectivity index (χ4n) is 2.41. The van der Waals surface area contributed by atoms with Gasteiger partial charge in [-0.1, -0.05) is 11.2 Å². The van der Waals surface area contributed by atoms with Crippen molar-refractivity contribution in [2.75, 3.05) is 0 Å². The van der Waals surface area contributed by atoms with Gasteiger partial charge in [-0.2, -0.15) is 13.2 Å². The van der Waals surface area contributed by atoms with Gasteiger partial charge in [0.05, 0.1) is 22.4 Å². The van der Waals surface area contributed by atoms with Crippen molar-refractivity contribution in [2.45, 2.75) is 25.1 Å². The molecule has 0 N–H and O–H groups in total. The van der Waals surface area contributed by atoms with Crippen molar-refractivity contribution >= 4 is 11.3 Å². The highest BCUT2D eigenvalue weighted by Gasteiger charge is 2.43. The van der Waals surface area contributed by atoms with E-state index in [9.17, 15) is 23.3 Å². The summed E-state index contributed by atoms with van der Waals surface area (Å²) >= 11 is 0. The monoisotopic (exact) mass is 313 g/mol. The minimum atomic E-state index is -4.47. The molecular weight excluding hydrogens is 303 g/mol. The average Bonchev–Trinajstić information content (AvgIpc) is 2.46. The maximum Gasteiger partial charge on any atom is 0.392 e. The lowest BCUT2D eigenvalue weighted by Gasteiger charge is -2.28. The Morgan fingerprint density at radius 3 is 2.82 bits per heavy atom. The zero-order chi connectivity index (χ0) is 16.3. The van der Waals surface area contributed by atoms with E-state index in [1.165, 1.54) is 18.3 Å². The van der Waals surface area contributed by atoms with Crippen LogP contribution in [-0.4, -0.2) is 22.1 Å². The Hall–Kier alpha value is -2.61. The number of halogens is 3. The van der Waals surface area contributed by atoms with E-state index >= 15 is 0 Å². The van der Waals surface area contributed by atoms with Crippen molar-refractivity contribution < 1.29 is 18.1 Å². The van der Waals surface area contributed by atoms with E-state index in [4.69, 9.17) is 5.53 Å². The Labute approximate surface area is 122 Å². The smallest absolute Gasteiger partial charge is 0.258 e. The van der Waals surface area contributed by atoms with E-state index in [0.29, 0.717) is 0 Å². The Morgan fingerprint density at radius 1 is 1.50 bits per heavy atom. The predicted octanol–water partition coefficient (Wildman–Crippen LogP) is 4.02. The molecule has 0 radical (unpaired) electrons. The Kier molecular flexibility index (Phi) is 4.32. The summed E-state index contributed by atoms with van der Waals surface area (Å²) in [6, 6.07) is 0.295. The molecule has 0 fully saturated rings. The average molecular weight is 313 g/mol. The number of azide groups is 1. The number of alkyl halides is 3. The topological polar surface area (TPSA) is 105 Å². The third kappa shape index (κ3) is 3.34. The Bertz CT molecular complexity index is 667. The summed E-state index contributed by atoms with van der Waals surface area (Å²) in [4.78, 5) is 16.4. The molecule has 0 unspecified atom stereocenters. The predicted molar refractivity (Wildman–Crippen MR) is 70.6 cm³/mol. The quantitative estimate of drug-likeness (QED) is 0.276. The number of rotatable bonds is 3. The largest absolute Gasteiger partial charge is 0.392 e. The molecule has 1 aliphatic carbocycles. The van der Waals surface area contributed by atoms with Gasteiger partial charge in [-0.25, -0.2) is 0 Å². The lowest BCUT2D eigenvalue weighted by molar-refractivity contribution is -0.385. The summed E-state index contributed by atoms with van der Waals surface area (Å²) < 4.78 is 39.0. The van der Waals surface area contributed by atoms with Gasteiger partial charge in [0.1, 0.15) is 6.20 Å². The van der Waals surface area contributed by atoms with Crippen LogP contribution in [0.3, 0.4) is 0 Å². The summed E-state index contributed by atoms with van der Waals surface area (Å²) in [5, 5.41) is 14.3. The van der Waals surface area contributed by atoms with Gasteiger partial charge >= 0.3 is 6.18 Å². The van der Waals surface area contributed by atoms with E-state index in [1.807, 2.05) is 0 Å². The highest BCUT2D eigenvalue weighted by atomic mass is 19.4. The van der Waals surface area contributed by atoms with Crippen LogP contribution in [-0.2, 0) is 0 Å². The van der Waals surface area contributed by atoms with Crippen LogP contribution in [0.4, 0.5) is 18.9 Å². The fraction of sp³-hybridized carbons (Fsp3) is 0.417. The summed E-state index contributed by atoms with van der Waals surface area (Å²) in [5.41, 5.74) is 8.26. The molecule has 0 bridgehead atoms. The fourth-order valence-corrected chi connectivity index (χ4v) is 2.41. The van der Waals surface area contributed by atoms with Crippen LogP contribution in [0.5, 0.6) is 0 Å². The molecule has 0 aromatic carbocycles. The Balaban J connectivity index is 2.48. The first-order chi connectivity index (χ1) is 10.3. The van der Waals surface area contributed by atoms with Gasteiger partial charge < -0.3 is 0 Å². The third-order valence-corrected chi connectivity index (χ3v) is 3.39. The second kappa shape index (κ2) is 6.02. The highest BCUT2D eigenvalue weighted by molar-refractivity contribution is 5.73. The molecule has 0 saturated heterocycles. The third-order valence-electron chi connectivity index (χ3n) is 3.39. The molecule has 0 spiro atoms. The molecular formula is C12H10F3N5O2. The SMILES string of the molecule is [N-]=[N+]=N[C@@H]1C=C(c2ccncc2[N+](=O)[O-])C[C@H](C(F)(F)F)C1. The van der Waals surface area contributed by atoms with Crippen LogP contribution >= 0.6 is 0 Å². The second-order valence-corrected chi connectivity index (χ2v) is 4.79. The second-order valence-electron chi connectivity index (χ2n) is 4.79. The first-order valence-corrected chi connectivity index (χ1v) is 6.23. The zero-order valence-corrected chi connectivity index (χ0v) is 11.1. The van der Waals surface area contributed by atoms with Crippen molar-refractivity contribution in [3.63, 3.8) is 0 Å². The molecule has 7 nitrogen and oxygen atoms in total. The molecule has 10 heteroatoms. The molecule has 22 heavy (non-hydrogen) atoms. The van der Waals surface area contributed by atoms with Crippen LogP contribution < -0.4 is 0 Å². The molecule has 1 aromatic rings. The molecule has 116 valence electrons. The lowest BCUT2D eigenvalue weighted by Crippen LogP contribution is -2.29. The molecule has 0 amide bonds. The number of pyridine rings is 1. The minimum absolute atomic E-state index is 0.0621. The molecule has 1 aromatic heterocycles. The number of hydrogen-bond acceptors (Lipinski definition) is 4. The summed E-state index contributed by atoms with van der Waals surface area (Å²) in [5.74, 6) is -1.71. The zero-order valence-electron chi connectivity index (χ0n) is 11.1. The van der Waals surface area contributed by atoms with Crippen molar-refractivity contribution in [3.8, 4) is 0 Å². The molecule has 2 rings (SSSR count). The first kappa shape index (κ1) is 15.8. The number of nitro groups is 1. The van der Waals surface area contributed by atoms with E-state index < -0.39 is 29.5 Å². The molecule has 1 aliphatic rings. The van der Waals surface area contributed by atoms with Gasteiger partial charge in [-0.3, -0.25) is 15.1 Å². The van der Waals surface area contributed by atoms with Crippen LogP contribution in [0, 0.1) is 16.0 Å².